The molecule has 5 rings (SSSR count). The number of aromatic nitrogens is 4. The summed E-state index contributed by atoms with van der Waals surface area (Å²) in [4.78, 5) is 21.6. The predicted octanol–water partition coefficient (Wildman–Crippen LogP) is 3.20. The van der Waals surface area contributed by atoms with Gasteiger partial charge in [0.15, 0.2) is 0 Å². The lowest BCUT2D eigenvalue weighted by atomic mass is 9.96. The Kier molecular flexibility index (Phi) is 4.23. The first kappa shape index (κ1) is 17.4. The standard InChI is InChI=1S/C21H19N5O3/c1-28-18-11-13(7-9-22-18)21-25-19-16(5-2-6-17(19)29-21)24-20(27)14-10-15-4-3-8-23-26(15)12-14/h3-4,7-12,16H,2,5-6H2,1H3,(H,24,27)/t16-/m1/s1. The molecule has 0 saturated heterocycles. The van der Waals surface area contributed by atoms with Gasteiger partial charge in [-0.1, -0.05) is 0 Å². The van der Waals surface area contributed by atoms with E-state index in [0.29, 0.717) is 17.3 Å². The molecule has 0 radical (unpaired) electrons. The maximum Gasteiger partial charge on any atom is 0.253 e. The topological polar surface area (TPSA) is 94.6 Å². The van der Waals surface area contributed by atoms with E-state index in [9.17, 15) is 4.79 Å². The summed E-state index contributed by atoms with van der Waals surface area (Å²) in [5.41, 5.74) is 3.02. The van der Waals surface area contributed by atoms with Gasteiger partial charge in [-0.05, 0) is 37.1 Å². The van der Waals surface area contributed by atoms with E-state index in [4.69, 9.17) is 9.15 Å². The van der Waals surface area contributed by atoms with E-state index in [1.54, 1.807) is 36.3 Å². The molecular formula is C21H19N5O3. The molecule has 1 N–H and O–H groups in total. The molecule has 1 amide bonds. The van der Waals surface area contributed by atoms with E-state index in [-0.39, 0.29) is 11.9 Å². The number of nitrogens with zero attached hydrogens (tertiary/aromatic N) is 4. The van der Waals surface area contributed by atoms with E-state index >= 15 is 0 Å². The minimum Gasteiger partial charge on any atom is -0.481 e. The Hall–Kier alpha value is -3.68. The van der Waals surface area contributed by atoms with Crippen LogP contribution in [0.25, 0.3) is 17.0 Å². The number of fused-ring (bicyclic) bond motifs is 2. The summed E-state index contributed by atoms with van der Waals surface area (Å²) in [7, 11) is 1.57. The first-order valence-electron chi connectivity index (χ1n) is 9.45. The Morgan fingerprint density at radius 3 is 3.10 bits per heavy atom. The number of nitrogens with one attached hydrogen (secondary N) is 1. The normalized spacial score (nSPS) is 15.8. The molecule has 4 heterocycles. The Balaban J connectivity index is 1.41. The maximum atomic E-state index is 12.8. The molecule has 1 aliphatic carbocycles. The number of carbonyl (C=O) groups is 1. The quantitative estimate of drug-likeness (QED) is 0.576. The third-order valence-corrected chi connectivity index (χ3v) is 5.09. The van der Waals surface area contributed by atoms with Gasteiger partial charge in [0.05, 0.1) is 24.2 Å². The van der Waals surface area contributed by atoms with Gasteiger partial charge >= 0.3 is 0 Å². The van der Waals surface area contributed by atoms with Crippen LogP contribution in [0.4, 0.5) is 0 Å². The van der Waals surface area contributed by atoms with Gasteiger partial charge in [-0.15, -0.1) is 0 Å². The lowest BCUT2D eigenvalue weighted by Gasteiger charge is -2.21. The largest absolute Gasteiger partial charge is 0.481 e. The Bertz CT molecular complexity index is 1160. The van der Waals surface area contributed by atoms with Crippen LogP contribution in [0.2, 0.25) is 0 Å². The number of hydrogen-bond acceptors (Lipinski definition) is 6. The van der Waals surface area contributed by atoms with Crippen molar-refractivity contribution in [3.63, 3.8) is 0 Å². The molecule has 1 aliphatic rings. The summed E-state index contributed by atoms with van der Waals surface area (Å²) in [6, 6.07) is 9.00. The molecule has 29 heavy (non-hydrogen) atoms. The average molecular weight is 389 g/mol. The molecule has 0 unspecified atom stereocenters. The molecule has 8 heteroatoms. The van der Waals surface area contributed by atoms with E-state index in [1.807, 2.05) is 24.3 Å². The summed E-state index contributed by atoms with van der Waals surface area (Å²) in [6.07, 6.45) is 7.61. The lowest BCUT2D eigenvalue weighted by Crippen LogP contribution is -2.30. The van der Waals surface area contributed by atoms with E-state index < -0.39 is 0 Å². The summed E-state index contributed by atoms with van der Waals surface area (Å²) >= 11 is 0. The minimum absolute atomic E-state index is 0.150. The van der Waals surface area contributed by atoms with Crippen LogP contribution >= 0.6 is 0 Å². The fraction of sp³-hybridized carbons (Fsp3) is 0.238. The summed E-state index contributed by atoms with van der Waals surface area (Å²) < 4.78 is 12.9. The number of amides is 1. The third-order valence-electron chi connectivity index (χ3n) is 5.09. The molecule has 0 saturated carbocycles. The molecule has 4 aromatic rings. The van der Waals surface area contributed by atoms with Crippen LogP contribution in [0.5, 0.6) is 5.88 Å². The lowest BCUT2D eigenvalue weighted by molar-refractivity contribution is 0.0931. The SMILES string of the molecule is COc1cc(-c2nc3c(o2)CCC[C@H]3NC(=O)c2cc3cccnn3c2)ccn1. The van der Waals surface area contributed by atoms with Crippen LogP contribution in [0.1, 0.15) is 40.7 Å². The highest BCUT2D eigenvalue weighted by Gasteiger charge is 2.28. The van der Waals surface area contributed by atoms with Crippen LogP contribution in [-0.2, 0) is 6.42 Å². The van der Waals surface area contributed by atoms with Crippen molar-refractivity contribution in [1.82, 2.24) is 24.9 Å². The molecule has 0 bridgehead atoms. The van der Waals surface area contributed by atoms with Gasteiger partial charge in [-0.2, -0.15) is 5.10 Å². The van der Waals surface area contributed by atoms with Gasteiger partial charge in [-0.25, -0.2) is 14.5 Å². The molecule has 146 valence electrons. The van der Waals surface area contributed by atoms with Crippen molar-refractivity contribution in [2.24, 2.45) is 0 Å². The number of hydrogen-bond donors (Lipinski definition) is 1. The van der Waals surface area contributed by atoms with Crippen molar-refractivity contribution in [3.05, 3.63) is 65.9 Å². The Labute approximate surface area is 166 Å². The van der Waals surface area contributed by atoms with Crippen molar-refractivity contribution >= 4 is 11.4 Å². The van der Waals surface area contributed by atoms with E-state index in [1.165, 1.54) is 0 Å². The van der Waals surface area contributed by atoms with Crippen LogP contribution < -0.4 is 10.1 Å². The average Bonchev–Trinajstić information content (AvgIpc) is 3.39. The zero-order valence-electron chi connectivity index (χ0n) is 15.8. The maximum absolute atomic E-state index is 12.8. The van der Waals surface area contributed by atoms with Gasteiger partial charge in [0, 0.05) is 36.6 Å². The number of ether oxygens (including phenoxy) is 1. The molecule has 1 atom stereocenters. The fourth-order valence-corrected chi connectivity index (χ4v) is 3.65. The highest BCUT2D eigenvalue weighted by Crippen LogP contribution is 2.33. The molecule has 0 spiro atoms. The fourth-order valence-electron chi connectivity index (χ4n) is 3.65. The van der Waals surface area contributed by atoms with Crippen LogP contribution in [0.15, 0.2) is 53.3 Å². The number of oxazole rings is 1. The van der Waals surface area contributed by atoms with E-state index in [0.717, 1.165) is 41.8 Å². The second kappa shape index (κ2) is 7.05. The summed E-state index contributed by atoms with van der Waals surface area (Å²) in [6.45, 7) is 0. The van der Waals surface area contributed by atoms with E-state index in [2.05, 4.69) is 20.4 Å². The zero-order chi connectivity index (χ0) is 19.8. The van der Waals surface area contributed by atoms with Gasteiger partial charge in [-0.3, -0.25) is 4.79 Å². The van der Waals surface area contributed by atoms with Crippen LogP contribution in [0, 0.1) is 0 Å². The van der Waals surface area contributed by atoms with Crippen molar-refractivity contribution in [2.75, 3.05) is 7.11 Å². The molecule has 0 aliphatic heterocycles. The number of methoxy groups -OCH3 is 1. The van der Waals surface area contributed by atoms with Crippen molar-refractivity contribution in [1.29, 1.82) is 0 Å². The highest BCUT2D eigenvalue weighted by molar-refractivity contribution is 5.95. The second-order valence-electron chi connectivity index (χ2n) is 6.95. The molecule has 0 fully saturated rings. The molecule has 0 aromatic carbocycles. The monoisotopic (exact) mass is 389 g/mol. The third kappa shape index (κ3) is 3.22. The highest BCUT2D eigenvalue weighted by atomic mass is 16.5. The Morgan fingerprint density at radius 2 is 2.24 bits per heavy atom. The second-order valence-corrected chi connectivity index (χ2v) is 6.95. The van der Waals surface area contributed by atoms with Gasteiger partial charge in [0.25, 0.3) is 5.91 Å². The van der Waals surface area contributed by atoms with Gasteiger partial charge in [0.2, 0.25) is 11.8 Å². The number of pyridine rings is 1. The smallest absolute Gasteiger partial charge is 0.253 e. The first-order valence-corrected chi connectivity index (χ1v) is 9.45. The summed E-state index contributed by atoms with van der Waals surface area (Å²) in [5, 5.41) is 7.31. The first-order chi connectivity index (χ1) is 14.2. The molecule has 8 nitrogen and oxygen atoms in total. The molecule has 4 aromatic heterocycles. The van der Waals surface area contributed by atoms with Gasteiger partial charge in [0.1, 0.15) is 11.5 Å². The Morgan fingerprint density at radius 1 is 1.31 bits per heavy atom. The van der Waals surface area contributed by atoms with Crippen molar-refractivity contribution in [3.8, 4) is 17.3 Å². The molecular weight excluding hydrogens is 370 g/mol. The van der Waals surface area contributed by atoms with Crippen molar-refractivity contribution < 1.29 is 13.9 Å². The van der Waals surface area contributed by atoms with Gasteiger partial charge < -0.3 is 14.5 Å². The minimum atomic E-state index is -0.191. The zero-order valence-corrected chi connectivity index (χ0v) is 15.8. The summed E-state index contributed by atoms with van der Waals surface area (Å²) in [5.74, 6) is 1.67. The predicted molar refractivity (Wildman–Crippen MR) is 105 cm³/mol. The number of rotatable bonds is 4. The number of aryl methyl sites for hydroxylation is 1. The number of carbonyl (C=O) groups excluding carboxylic acids is 1. The van der Waals surface area contributed by atoms with Crippen LogP contribution in [0.3, 0.4) is 0 Å². The van der Waals surface area contributed by atoms with Crippen LogP contribution in [-0.4, -0.2) is 32.6 Å². The van der Waals surface area contributed by atoms with Crippen molar-refractivity contribution in [2.45, 2.75) is 25.3 Å².